The summed E-state index contributed by atoms with van der Waals surface area (Å²) in [7, 11) is 0. The summed E-state index contributed by atoms with van der Waals surface area (Å²) in [6.45, 7) is 0. The molecule has 1 aliphatic heterocycles. The van der Waals surface area contributed by atoms with Crippen molar-refractivity contribution < 1.29 is 0 Å². The number of rotatable bonds is 2. The Balaban J connectivity index is 1.93. The average Bonchev–Trinajstić information content (AvgIpc) is 2.61. The molecule has 0 bridgehead atoms. The van der Waals surface area contributed by atoms with Gasteiger partial charge in [0.25, 0.3) is 0 Å². The van der Waals surface area contributed by atoms with E-state index in [4.69, 9.17) is 5.73 Å². The van der Waals surface area contributed by atoms with Crippen LogP contribution in [0.5, 0.6) is 0 Å². The second-order valence-corrected chi connectivity index (χ2v) is 5.93. The lowest BCUT2D eigenvalue weighted by Crippen LogP contribution is -2.00. The number of benzene rings is 2. The molecule has 1 aromatic heterocycles. The Bertz CT molecular complexity index is 947. The first-order valence-corrected chi connectivity index (χ1v) is 8.05. The van der Waals surface area contributed by atoms with Crippen LogP contribution in [0.3, 0.4) is 0 Å². The first kappa shape index (κ1) is 13.8. The predicted molar refractivity (Wildman–Crippen MR) is 98.1 cm³/mol. The summed E-state index contributed by atoms with van der Waals surface area (Å²) in [5.74, 6) is 0. The van der Waals surface area contributed by atoms with Gasteiger partial charge in [-0.15, -0.1) is 0 Å². The van der Waals surface area contributed by atoms with Crippen molar-refractivity contribution in [1.82, 2.24) is 4.98 Å². The van der Waals surface area contributed by atoms with Crippen LogP contribution in [0.25, 0.3) is 22.0 Å². The maximum atomic E-state index is 5.34. The van der Waals surface area contributed by atoms with Crippen molar-refractivity contribution in [3.8, 4) is 11.1 Å². The summed E-state index contributed by atoms with van der Waals surface area (Å²) in [6.07, 6.45) is 6.64. The van der Waals surface area contributed by atoms with Gasteiger partial charge in [-0.25, -0.2) is 0 Å². The normalized spacial score (nSPS) is 13.2. The molecule has 4 rings (SSSR count). The van der Waals surface area contributed by atoms with Crippen LogP contribution in [-0.2, 0) is 0 Å². The van der Waals surface area contributed by atoms with Crippen LogP contribution < -0.4 is 10.5 Å². The molecule has 0 saturated carbocycles. The number of nitrogens with two attached hydrogens (primary N) is 1. The number of hydrogen-bond acceptors (Lipinski definition) is 5. The van der Waals surface area contributed by atoms with Crippen LogP contribution in [0.4, 0.5) is 11.4 Å². The van der Waals surface area contributed by atoms with Crippen LogP contribution in [0.2, 0.25) is 0 Å². The van der Waals surface area contributed by atoms with E-state index in [-0.39, 0.29) is 0 Å². The fourth-order valence-electron chi connectivity index (χ4n) is 2.70. The first-order chi connectivity index (χ1) is 11.4. The molecule has 0 atom stereocenters. The zero-order valence-corrected chi connectivity index (χ0v) is 13.0. The van der Waals surface area contributed by atoms with Crippen LogP contribution in [-0.4, -0.2) is 11.2 Å². The van der Waals surface area contributed by atoms with E-state index in [0.717, 1.165) is 22.3 Å². The van der Waals surface area contributed by atoms with E-state index in [1.807, 2.05) is 6.07 Å². The Labute approximate surface area is 138 Å². The molecule has 0 aliphatic carbocycles. The maximum absolute atomic E-state index is 5.34. The smallest absolute Gasteiger partial charge is 0.0969 e. The van der Waals surface area contributed by atoms with Crippen molar-refractivity contribution in [3.05, 3.63) is 60.9 Å². The van der Waals surface area contributed by atoms with Gasteiger partial charge in [0.1, 0.15) is 0 Å². The standard InChI is InChI=1S/C18H14N4S/c19-9-3-10-20-15-8-11-21-17-14(15)7-6-13-12-4-1-2-5-16(12)23-22-18(13)17/h1-11,22H,19H2. The van der Waals surface area contributed by atoms with E-state index in [2.05, 4.69) is 51.1 Å². The number of nitrogens with zero attached hydrogens (tertiary/aromatic N) is 2. The number of hydrogen-bond donors (Lipinski definition) is 2. The molecule has 112 valence electrons. The van der Waals surface area contributed by atoms with Crippen molar-refractivity contribution in [2.75, 3.05) is 4.72 Å². The highest BCUT2D eigenvalue weighted by molar-refractivity contribution is 8.00. The topological polar surface area (TPSA) is 63.3 Å². The molecule has 5 heteroatoms. The minimum atomic E-state index is 0.876. The van der Waals surface area contributed by atoms with Gasteiger partial charge in [-0.05, 0) is 48.0 Å². The zero-order valence-electron chi connectivity index (χ0n) is 12.2. The van der Waals surface area contributed by atoms with Crippen molar-refractivity contribution >= 4 is 40.4 Å². The molecule has 2 aromatic carbocycles. The second-order valence-electron chi connectivity index (χ2n) is 5.08. The van der Waals surface area contributed by atoms with Crippen LogP contribution in [0, 0.1) is 0 Å². The van der Waals surface area contributed by atoms with Crippen molar-refractivity contribution in [1.29, 1.82) is 0 Å². The molecule has 3 aromatic rings. The highest BCUT2D eigenvalue weighted by Crippen LogP contribution is 2.45. The number of anilines is 1. The third-order valence-corrected chi connectivity index (χ3v) is 4.62. The number of aromatic nitrogens is 1. The van der Waals surface area contributed by atoms with Gasteiger partial charge < -0.3 is 10.5 Å². The van der Waals surface area contributed by atoms with Crippen molar-refractivity contribution in [2.45, 2.75) is 4.90 Å². The third-order valence-electron chi connectivity index (χ3n) is 3.74. The molecule has 0 amide bonds. The third kappa shape index (κ3) is 2.35. The van der Waals surface area contributed by atoms with E-state index in [0.29, 0.717) is 0 Å². The highest BCUT2D eigenvalue weighted by Gasteiger charge is 2.19. The molecule has 0 radical (unpaired) electrons. The summed E-state index contributed by atoms with van der Waals surface area (Å²) in [5.41, 5.74) is 10.6. The van der Waals surface area contributed by atoms with Gasteiger partial charge in [0.2, 0.25) is 0 Å². The molecule has 4 nitrogen and oxygen atoms in total. The number of allylic oxidation sites excluding steroid dienone is 1. The summed E-state index contributed by atoms with van der Waals surface area (Å²) >= 11 is 1.62. The Morgan fingerprint density at radius 2 is 2.00 bits per heavy atom. The monoisotopic (exact) mass is 318 g/mol. The quantitative estimate of drug-likeness (QED) is 0.539. The molecule has 1 aliphatic rings. The summed E-state index contributed by atoms with van der Waals surface area (Å²) < 4.78 is 3.42. The van der Waals surface area contributed by atoms with Gasteiger partial charge in [-0.3, -0.25) is 9.98 Å². The molecule has 23 heavy (non-hydrogen) atoms. The molecule has 3 N–H and O–H groups in total. The number of nitrogens with one attached hydrogen (secondary N) is 1. The molecule has 0 saturated heterocycles. The minimum Gasteiger partial charge on any atom is -0.405 e. The largest absolute Gasteiger partial charge is 0.405 e. The van der Waals surface area contributed by atoms with Crippen LogP contribution >= 0.6 is 11.9 Å². The number of aliphatic imine (C=N–C) groups is 1. The predicted octanol–water partition coefficient (Wildman–Crippen LogP) is 4.51. The lowest BCUT2D eigenvalue weighted by atomic mass is 10.0. The van der Waals surface area contributed by atoms with Crippen molar-refractivity contribution in [3.63, 3.8) is 0 Å². The van der Waals surface area contributed by atoms with Gasteiger partial charge >= 0.3 is 0 Å². The Kier molecular flexibility index (Phi) is 3.48. The van der Waals surface area contributed by atoms with Gasteiger partial charge in [0.15, 0.2) is 0 Å². The SMILES string of the molecule is NC=CC=Nc1ccnc2c3c(ccc12)-c1ccccc1SN3. The second kappa shape index (κ2) is 5.78. The van der Waals surface area contributed by atoms with Gasteiger partial charge in [0.05, 0.1) is 16.9 Å². The van der Waals surface area contributed by atoms with E-state index in [1.54, 1.807) is 30.4 Å². The summed E-state index contributed by atoms with van der Waals surface area (Å²) in [4.78, 5) is 10.2. The fraction of sp³-hybridized carbons (Fsp3) is 0. The Morgan fingerprint density at radius 3 is 2.91 bits per heavy atom. The molecule has 0 fully saturated rings. The molecular weight excluding hydrogens is 304 g/mol. The number of fused-ring (bicyclic) bond motifs is 5. The molecule has 2 heterocycles. The van der Waals surface area contributed by atoms with Gasteiger partial charge in [-0.1, -0.05) is 24.3 Å². The van der Waals surface area contributed by atoms with Crippen LogP contribution in [0.15, 0.2) is 70.8 Å². The maximum Gasteiger partial charge on any atom is 0.0969 e. The summed E-state index contributed by atoms with van der Waals surface area (Å²) in [5, 5.41) is 1.01. The first-order valence-electron chi connectivity index (χ1n) is 7.23. The van der Waals surface area contributed by atoms with E-state index in [9.17, 15) is 0 Å². The van der Waals surface area contributed by atoms with E-state index < -0.39 is 0 Å². The highest BCUT2D eigenvalue weighted by atomic mass is 32.2. The number of pyridine rings is 1. The Hall–Kier alpha value is -2.79. The average molecular weight is 318 g/mol. The lowest BCUT2D eigenvalue weighted by molar-refractivity contribution is 1.38. The van der Waals surface area contributed by atoms with E-state index in [1.165, 1.54) is 22.2 Å². The minimum absolute atomic E-state index is 0.876. The zero-order chi connectivity index (χ0) is 15.6. The Morgan fingerprint density at radius 1 is 1.09 bits per heavy atom. The molecule has 0 unspecified atom stereocenters. The lowest BCUT2D eigenvalue weighted by Gasteiger charge is -2.21. The van der Waals surface area contributed by atoms with Crippen molar-refractivity contribution in [2.24, 2.45) is 10.7 Å². The van der Waals surface area contributed by atoms with Crippen LogP contribution in [0.1, 0.15) is 0 Å². The molecule has 0 spiro atoms. The fourth-order valence-corrected chi connectivity index (χ4v) is 3.55. The molecular formula is C18H14N4S. The van der Waals surface area contributed by atoms with Gasteiger partial charge in [0, 0.05) is 28.3 Å². The summed E-state index contributed by atoms with van der Waals surface area (Å²) in [6, 6.07) is 14.5. The van der Waals surface area contributed by atoms with Gasteiger partial charge in [-0.2, -0.15) is 0 Å². The van der Waals surface area contributed by atoms with E-state index >= 15 is 0 Å².